The lowest BCUT2D eigenvalue weighted by Gasteiger charge is -2.28. The van der Waals surface area contributed by atoms with Gasteiger partial charge in [0.2, 0.25) is 0 Å². The summed E-state index contributed by atoms with van der Waals surface area (Å²) in [6.45, 7) is 7.16. The summed E-state index contributed by atoms with van der Waals surface area (Å²) in [5.41, 5.74) is 0. The van der Waals surface area contributed by atoms with Gasteiger partial charge in [-0.2, -0.15) is 0 Å². The predicted octanol–water partition coefficient (Wildman–Crippen LogP) is 1.92. The van der Waals surface area contributed by atoms with Gasteiger partial charge >= 0.3 is 0 Å². The number of ether oxygens (including phenoxy) is 2. The number of hydrogen-bond acceptors (Lipinski definition) is 2. The van der Waals surface area contributed by atoms with E-state index in [-0.39, 0.29) is 0 Å². The number of hydrogen-bond donors (Lipinski definition) is 0. The van der Waals surface area contributed by atoms with Crippen molar-refractivity contribution in [2.45, 2.75) is 32.6 Å². The van der Waals surface area contributed by atoms with Gasteiger partial charge in [0.15, 0.2) is 5.79 Å². The monoisotopic (exact) mass is 185 g/mol. The molecule has 0 aliphatic heterocycles. The zero-order valence-corrected chi connectivity index (χ0v) is 9.09. The van der Waals surface area contributed by atoms with Crippen molar-refractivity contribution in [3.63, 3.8) is 0 Å². The van der Waals surface area contributed by atoms with Crippen LogP contribution in [0.5, 0.6) is 0 Å². The fraction of sp³-hybridized carbons (Fsp3) is 0.778. The molecule has 0 spiro atoms. The summed E-state index contributed by atoms with van der Waals surface area (Å²) in [4.78, 5) is 0. The minimum Gasteiger partial charge on any atom is -0.347 e. The third-order valence-electron chi connectivity index (χ3n) is 1.44. The van der Waals surface area contributed by atoms with Gasteiger partial charge in [-0.1, -0.05) is 6.08 Å². The molecule has 0 amide bonds. The molecular formula is C9H17O2Si. The zero-order valence-electron chi connectivity index (χ0n) is 8.09. The lowest BCUT2D eigenvalue weighted by atomic mass is 10.3. The highest BCUT2D eigenvalue weighted by Gasteiger charge is 2.24. The van der Waals surface area contributed by atoms with Crippen LogP contribution < -0.4 is 0 Å². The highest BCUT2D eigenvalue weighted by Crippen LogP contribution is 2.19. The van der Waals surface area contributed by atoms with Crippen molar-refractivity contribution < 1.29 is 9.47 Å². The Hall–Kier alpha value is -0.123. The highest BCUT2D eigenvalue weighted by molar-refractivity contribution is 6.09. The fourth-order valence-corrected chi connectivity index (χ4v) is 1.36. The van der Waals surface area contributed by atoms with Crippen LogP contribution in [0, 0.1) is 0 Å². The smallest absolute Gasteiger partial charge is 0.184 e. The van der Waals surface area contributed by atoms with Gasteiger partial charge in [0.05, 0.1) is 0 Å². The van der Waals surface area contributed by atoms with Gasteiger partial charge in [-0.15, -0.1) is 0 Å². The van der Waals surface area contributed by atoms with Gasteiger partial charge in [0.1, 0.15) is 0 Å². The lowest BCUT2D eigenvalue weighted by molar-refractivity contribution is -0.185. The Labute approximate surface area is 78.4 Å². The van der Waals surface area contributed by atoms with Gasteiger partial charge in [-0.3, -0.25) is 0 Å². The summed E-state index contributed by atoms with van der Waals surface area (Å²) in [7, 11) is 3.42. The standard InChI is InChI=1S/C9H17O2Si/c1-4-7-9(8-12,10-5-2)11-6-3/h4,7H,5-6,8H2,1-3H3. The summed E-state index contributed by atoms with van der Waals surface area (Å²) in [6.07, 6.45) is 3.86. The molecule has 0 unspecified atom stereocenters. The van der Waals surface area contributed by atoms with E-state index in [9.17, 15) is 0 Å². The van der Waals surface area contributed by atoms with Crippen molar-refractivity contribution in [1.29, 1.82) is 0 Å². The van der Waals surface area contributed by atoms with E-state index in [1.54, 1.807) is 0 Å². The van der Waals surface area contributed by atoms with E-state index in [0.717, 1.165) is 0 Å². The van der Waals surface area contributed by atoms with Crippen LogP contribution in [0.1, 0.15) is 20.8 Å². The first-order valence-corrected chi connectivity index (χ1v) is 5.01. The molecule has 0 saturated heterocycles. The molecule has 12 heavy (non-hydrogen) atoms. The molecule has 0 fully saturated rings. The molecule has 0 heterocycles. The van der Waals surface area contributed by atoms with Gasteiger partial charge in [-0.25, -0.2) is 0 Å². The molecule has 3 radical (unpaired) electrons. The Morgan fingerprint density at radius 1 is 1.25 bits per heavy atom. The SMILES string of the molecule is CC=CC(C[Si])(OCC)OCC. The first-order valence-electron chi connectivity index (χ1n) is 4.31. The van der Waals surface area contributed by atoms with Crippen molar-refractivity contribution in [3.05, 3.63) is 12.2 Å². The van der Waals surface area contributed by atoms with Gasteiger partial charge < -0.3 is 9.47 Å². The maximum absolute atomic E-state index is 5.50. The molecule has 69 valence electrons. The van der Waals surface area contributed by atoms with E-state index < -0.39 is 5.79 Å². The van der Waals surface area contributed by atoms with E-state index in [0.29, 0.717) is 19.3 Å². The van der Waals surface area contributed by atoms with Gasteiger partial charge in [0.25, 0.3) is 0 Å². The molecule has 0 rings (SSSR count). The zero-order chi connectivity index (χ0) is 9.45. The quantitative estimate of drug-likeness (QED) is 0.357. The summed E-state index contributed by atoms with van der Waals surface area (Å²) < 4.78 is 11.0. The Balaban J connectivity index is 4.27. The van der Waals surface area contributed by atoms with Crippen LogP contribution >= 0.6 is 0 Å². The molecule has 0 aromatic rings. The van der Waals surface area contributed by atoms with Crippen molar-refractivity contribution in [2.24, 2.45) is 0 Å². The largest absolute Gasteiger partial charge is 0.347 e. The van der Waals surface area contributed by atoms with E-state index >= 15 is 0 Å². The molecular weight excluding hydrogens is 168 g/mol. The van der Waals surface area contributed by atoms with Crippen molar-refractivity contribution >= 4 is 10.2 Å². The molecule has 2 nitrogen and oxygen atoms in total. The maximum atomic E-state index is 5.50. The molecule has 0 N–H and O–H groups in total. The Kier molecular flexibility index (Phi) is 6.33. The normalized spacial score (nSPS) is 12.7. The molecule has 0 atom stereocenters. The third kappa shape index (κ3) is 3.52. The summed E-state index contributed by atoms with van der Waals surface area (Å²) in [6, 6.07) is 0.652. The average molecular weight is 185 g/mol. The first kappa shape index (κ1) is 11.9. The Morgan fingerprint density at radius 3 is 2.00 bits per heavy atom. The lowest BCUT2D eigenvalue weighted by Crippen LogP contribution is -2.33. The Morgan fingerprint density at radius 2 is 1.75 bits per heavy atom. The van der Waals surface area contributed by atoms with Crippen LogP contribution in [-0.2, 0) is 9.47 Å². The van der Waals surface area contributed by atoms with Gasteiger partial charge in [-0.05, 0) is 32.9 Å². The summed E-state index contributed by atoms with van der Waals surface area (Å²) in [5.74, 6) is -0.574. The maximum Gasteiger partial charge on any atom is 0.184 e. The summed E-state index contributed by atoms with van der Waals surface area (Å²) >= 11 is 0. The topological polar surface area (TPSA) is 18.5 Å². The van der Waals surface area contributed by atoms with Crippen molar-refractivity contribution in [3.8, 4) is 0 Å². The second kappa shape index (κ2) is 6.40. The van der Waals surface area contributed by atoms with E-state index in [1.807, 2.05) is 32.9 Å². The van der Waals surface area contributed by atoms with Crippen LogP contribution in [0.3, 0.4) is 0 Å². The minimum atomic E-state index is -0.574. The Bertz CT molecular complexity index is 128. The van der Waals surface area contributed by atoms with Crippen LogP contribution in [-0.4, -0.2) is 29.2 Å². The second-order valence-corrected chi connectivity index (χ2v) is 2.71. The number of rotatable bonds is 6. The van der Waals surface area contributed by atoms with E-state index in [2.05, 4.69) is 10.2 Å². The predicted molar refractivity (Wildman–Crippen MR) is 51.4 cm³/mol. The molecule has 3 heteroatoms. The molecule has 0 aromatic heterocycles. The fourth-order valence-electron chi connectivity index (χ4n) is 1.04. The van der Waals surface area contributed by atoms with Crippen LogP contribution in [0.4, 0.5) is 0 Å². The third-order valence-corrected chi connectivity index (χ3v) is 1.94. The van der Waals surface area contributed by atoms with Crippen molar-refractivity contribution in [2.75, 3.05) is 13.2 Å². The first-order chi connectivity index (χ1) is 5.74. The molecule has 0 aliphatic carbocycles. The van der Waals surface area contributed by atoms with Crippen LogP contribution in [0.2, 0.25) is 6.04 Å². The molecule has 0 bridgehead atoms. The van der Waals surface area contributed by atoms with E-state index in [1.165, 1.54) is 0 Å². The van der Waals surface area contributed by atoms with E-state index in [4.69, 9.17) is 9.47 Å². The molecule has 0 saturated carbocycles. The minimum absolute atomic E-state index is 0.574. The average Bonchev–Trinajstić information content (AvgIpc) is 2.06. The van der Waals surface area contributed by atoms with Crippen LogP contribution in [0.15, 0.2) is 12.2 Å². The second-order valence-electron chi connectivity index (χ2n) is 2.35. The number of allylic oxidation sites excluding steroid dienone is 1. The summed E-state index contributed by atoms with van der Waals surface area (Å²) in [5, 5.41) is 0. The molecule has 0 aromatic carbocycles. The van der Waals surface area contributed by atoms with Gasteiger partial charge in [0, 0.05) is 23.5 Å². The van der Waals surface area contributed by atoms with Crippen molar-refractivity contribution in [1.82, 2.24) is 0 Å². The van der Waals surface area contributed by atoms with Crippen LogP contribution in [0.25, 0.3) is 0 Å². The highest BCUT2D eigenvalue weighted by atomic mass is 28.1. The molecule has 0 aliphatic rings.